The van der Waals surface area contributed by atoms with Crippen molar-refractivity contribution in [2.45, 2.75) is 44.8 Å². The number of fused-ring (bicyclic) bond motifs is 1. The van der Waals surface area contributed by atoms with Crippen LogP contribution in [0.2, 0.25) is 0 Å². The quantitative estimate of drug-likeness (QED) is 0.467. The number of pyridine rings is 1. The molecule has 0 amide bonds. The number of halogens is 5. The van der Waals surface area contributed by atoms with Gasteiger partial charge in [0.1, 0.15) is 23.0 Å². The number of hydrogen-bond donors (Lipinski definition) is 0. The number of alkyl halides is 3. The fourth-order valence-corrected chi connectivity index (χ4v) is 5.78. The first kappa shape index (κ1) is 22.7. The largest absolute Gasteiger partial charge is 0.422 e. The van der Waals surface area contributed by atoms with Gasteiger partial charge in [-0.15, -0.1) is 10.2 Å². The van der Waals surface area contributed by atoms with E-state index in [1.165, 1.54) is 22.6 Å². The highest BCUT2D eigenvalue weighted by Crippen LogP contribution is 2.46. The van der Waals surface area contributed by atoms with Crippen LogP contribution in [0.1, 0.15) is 42.6 Å². The van der Waals surface area contributed by atoms with Crippen LogP contribution in [0.3, 0.4) is 0 Å². The average Bonchev–Trinajstić information content (AvgIpc) is 3.51. The van der Waals surface area contributed by atoms with Crippen molar-refractivity contribution in [3.05, 3.63) is 59.0 Å². The van der Waals surface area contributed by atoms with Gasteiger partial charge >= 0.3 is 6.18 Å². The summed E-state index contributed by atoms with van der Waals surface area (Å²) < 4.78 is 71.5. The van der Waals surface area contributed by atoms with Gasteiger partial charge < -0.3 is 4.90 Å². The number of rotatable bonds is 5. The lowest BCUT2D eigenvalue weighted by molar-refractivity contribution is -0.136. The van der Waals surface area contributed by atoms with Gasteiger partial charge in [-0.3, -0.25) is 9.30 Å². The number of aromatic nitrogens is 3. The molecular formula is C25H26F5N5. The van der Waals surface area contributed by atoms with E-state index < -0.39 is 23.4 Å². The summed E-state index contributed by atoms with van der Waals surface area (Å²) in [6.07, 6.45) is 1.72. The van der Waals surface area contributed by atoms with Crippen LogP contribution in [0.5, 0.6) is 0 Å². The third-order valence-corrected chi connectivity index (χ3v) is 7.62. The Morgan fingerprint density at radius 3 is 2.54 bits per heavy atom. The minimum absolute atomic E-state index is 0.136. The molecule has 1 aromatic carbocycles. The summed E-state index contributed by atoms with van der Waals surface area (Å²) >= 11 is 0. The van der Waals surface area contributed by atoms with Crippen LogP contribution in [0.15, 0.2) is 30.5 Å². The van der Waals surface area contributed by atoms with Crippen molar-refractivity contribution in [3.63, 3.8) is 0 Å². The highest BCUT2D eigenvalue weighted by Gasteiger charge is 2.48. The first-order valence-corrected chi connectivity index (χ1v) is 12.1. The lowest BCUT2D eigenvalue weighted by Crippen LogP contribution is -2.63. The summed E-state index contributed by atoms with van der Waals surface area (Å²) in [6, 6.07) is 5.13. The molecule has 1 spiro atoms. The second kappa shape index (κ2) is 8.15. The zero-order valence-electron chi connectivity index (χ0n) is 19.2. The van der Waals surface area contributed by atoms with E-state index in [4.69, 9.17) is 0 Å². The molecular weight excluding hydrogens is 465 g/mol. The minimum Gasteiger partial charge on any atom is -0.370 e. The Morgan fingerprint density at radius 2 is 1.83 bits per heavy atom. The van der Waals surface area contributed by atoms with Gasteiger partial charge in [0.25, 0.3) is 0 Å². The summed E-state index contributed by atoms with van der Waals surface area (Å²) in [7, 11) is 0. The summed E-state index contributed by atoms with van der Waals surface area (Å²) in [5.41, 5.74) is -0.441. The van der Waals surface area contributed by atoms with Crippen LogP contribution in [0.25, 0.3) is 5.65 Å². The van der Waals surface area contributed by atoms with Crippen molar-refractivity contribution >= 4 is 11.3 Å². The zero-order chi connectivity index (χ0) is 24.4. The molecule has 2 saturated heterocycles. The van der Waals surface area contributed by atoms with Crippen molar-refractivity contribution in [2.75, 3.05) is 31.1 Å². The van der Waals surface area contributed by atoms with Gasteiger partial charge in [-0.1, -0.05) is 6.07 Å². The van der Waals surface area contributed by atoms with E-state index in [-0.39, 0.29) is 16.7 Å². The monoisotopic (exact) mass is 491 g/mol. The van der Waals surface area contributed by atoms with Crippen LogP contribution in [-0.4, -0.2) is 45.7 Å². The first-order valence-electron chi connectivity index (χ1n) is 12.1. The minimum atomic E-state index is -4.55. The molecule has 0 unspecified atom stereocenters. The molecule has 10 heteroatoms. The molecule has 3 aliphatic rings. The fourth-order valence-electron chi connectivity index (χ4n) is 5.78. The molecule has 1 aliphatic carbocycles. The third-order valence-electron chi connectivity index (χ3n) is 7.62. The van der Waals surface area contributed by atoms with Crippen LogP contribution in [0, 0.1) is 23.0 Å². The topological polar surface area (TPSA) is 36.7 Å². The normalized spacial score (nSPS) is 20.5. The van der Waals surface area contributed by atoms with Gasteiger partial charge in [0.05, 0.1) is 5.69 Å². The summed E-state index contributed by atoms with van der Waals surface area (Å²) in [5.74, 6) is -0.113. The molecule has 186 valence electrons. The second-order valence-corrected chi connectivity index (χ2v) is 10.4. The number of nitrogens with zero attached hydrogens (tertiary/aromatic N) is 5. The molecule has 4 heterocycles. The Kier molecular flexibility index (Phi) is 5.28. The summed E-state index contributed by atoms with van der Waals surface area (Å²) in [6.45, 7) is 2.80. The van der Waals surface area contributed by atoms with E-state index >= 15 is 0 Å². The van der Waals surface area contributed by atoms with Gasteiger partial charge in [-0.05, 0) is 50.3 Å². The van der Waals surface area contributed by atoms with Crippen LogP contribution < -0.4 is 4.90 Å². The number of likely N-dealkylation sites (tertiary alicyclic amines) is 1. The summed E-state index contributed by atoms with van der Waals surface area (Å²) in [5, 5.41) is 8.01. The van der Waals surface area contributed by atoms with Gasteiger partial charge in [0.2, 0.25) is 0 Å². The molecule has 3 aromatic rings. The molecule has 2 aliphatic heterocycles. The molecule has 35 heavy (non-hydrogen) atoms. The number of benzene rings is 1. The van der Waals surface area contributed by atoms with Crippen LogP contribution >= 0.6 is 0 Å². The lowest BCUT2D eigenvalue weighted by atomic mass is 9.73. The zero-order valence-corrected chi connectivity index (χ0v) is 19.2. The molecule has 0 atom stereocenters. The summed E-state index contributed by atoms with van der Waals surface area (Å²) in [4.78, 5) is 3.90. The van der Waals surface area contributed by atoms with Crippen molar-refractivity contribution < 1.29 is 22.0 Å². The molecule has 6 rings (SSSR count). The smallest absolute Gasteiger partial charge is 0.370 e. The molecule has 0 radical (unpaired) electrons. The van der Waals surface area contributed by atoms with Gasteiger partial charge in [-0.2, -0.15) is 13.2 Å². The number of hydrogen-bond acceptors (Lipinski definition) is 4. The van der Waals surface area contributed by atoms with Gasteiger partial charge in [-0.25, -0.2) is 8.78 Å². The first-order chi connectivity index (χ1) is 16.7. The predicted molar refractivity (Wildman–Crippen MR) is 120 cm³/mol. The Hall–Kier alpha value is -2.75. The van der Waals surface area contributed by atoms with Crippen molar-refractivity contribution in [2.24, 2.45) is 11.3 Å². The van der Waals surface area contributed by atoms with Gasteiger partial charge in [0, 0.05) is 55.8 Å². The van der Waals surface area contributed by atoms with E-state index in [0.29, 0.717) is 49.9 Å². The Morgan fingerprint density at radius 1 is 1.03 bits per heavy atom. The van der Waals surface area contributed by atoms with E-state index in [2.05, 4.69) is 15.1 Å². The maximum atomic E-state index is 14.2. The molecule has 2 aromatic heterocycles. The lowest BCUT2D eigenvalue weighted by Gasteiger charge is -2.56. The SMILES string of the molecule is Fc1ccc(CN2CCCC3(C2)CN(c2ccn4c(CC5CC5)nnc4c2C(F)(F)F)C3)c(F)c1. The van der Waals surface area contributed by atoms with E-state index in [1.807, 2.05) is 0 Å². The van der Waals surface area contributed by atoms with Crippen molar-refractivity contribution in [1.82, 2.24) is 19.5 Å². The number of anilines is 1. The Labute approximate surface area is 199 Å². The van der Waals surface area contributed by atoms with Crippen molar-refractivity contribution in [3.8, 4) is 0 Å². The van der Waals surface area contributed by atoms with Crippen LogP contribution in [-0.2, 0) is 19.1 Å². The number of piperidine rings is 1. The second-order valence-electron chi connectivity index (χ2n) is 10.4. The highest BCUT2D eigenvalue weighted by atomic mass is 19.4. The maximum absolute atomic E-state index is 14.2. The molecule has 1 saturated carbocycles. The highest BCUT2D eigenvalue weighted by molar-refractivity contribution is 5.68. The average molecular weight is 492 g/mol. The van der Waals surface area contributed by atoms with Crippen LogP contribution in [0.4, 0.5) is 27.6 Å². The molecule has 3 fully saturated rings. The van der Waals surface area contributed by atoms with Gasteiger partial charge in [0.15, 0.2) is 5.65 Å². The predicted octanol–water partition coefficient (Wildman–Crippen LogP) is 5.08. The molecule has 0 N–H and O–H groups in total. The fraction of sp³-hybridized carbons (Fsp3) is 0.520. The van der Waals surface area contributed by atoms with E-state index in [1.54, 1.807) is 11.1 Å². The van der Waals surface area contributed by atoms with Crippen molar-refractivity contribution in [1.29, 1.82) is 0 Å². The standard InChI is InChI=1S/C25H26F5N5/c26-18-5-4-17(19(27)11-18)12-33-8-1-7-24(13-33)14-34(15-24)20-6-9-35-21(10-16-2-3-16)31-32-23(35)22(20)25(28,29)30/h4-6,9,11,16H,1-3,7-8,10,12-15H2. The Bertz CT molecular complexity index is 1260. The third kappa shape index (κ3) is 4.26. The van der Waals surface area contributed by atoms with E-state index in [9.17, 15) is 22.0 Å². The maximum Gasteiger partial charge on any atom is 0.422 e. The van der Waals surface area contributed by atoms with E-state index in [0.717, 1.165) is 38.3 Å². The molecule has 5 nitrogen and oxygen atoms in total. The molecule has 0 bridgehead atoms. The Balaban J connectivity index is 1.22.